The van der Waals surface area contributed by atoms with Gasteiger partial charge in [-0.2, -0.15) is 0 Å². The van der Waals surface area contributed by atoms with E-state index in [0.717, 1.165) is 0 Å². The van der Waals surface area contributed by atoms with Crippen LogP contribution < -0.4 is 5.73 Å². The van der Waals surface area contributed by atoms with Crippen molar-refractivity contribution >= 4 is 11.7 Å². The average Bonchev–Trinajstić information content (AvgIpc) is 2.29. The van der Waals surface area contributed by atoms with Gasteiger partial charge < -0.3 is 10.8 Å². The molecule has 1 heterocycles. The van der Waals surface area contributed by atoms with Gasteiger partial charge >= 0.3 is 5.97 Å². The normalized spacial score (nSPS) is 10.0. The van der Waals surface area contributed by atoms with E-state index in [2.05, 4.69) is 9.97 Å². The number of aromatic nitrogens is 2. The molecule has 0 aliphatic heterocycles. The third-order valence-electron chi connectivity index (χ3n) is 2.08. The van der Waals surface area contributed by atoms with Gasteiger partial charge in [0.25, 0.3) is 0 Å². The van der Waals surface area contributed by atoms with Crippen LogP contribution in [0.2, 0.25) is 0 Å². The number of nitrogens with two attached hydrogens (primary N) is 1. The number of carboxylic acid groups (broad SMARTS) is 1. The second-order valence-corrected chi connectivity index (χ2v) is 3.18. The largest absolute Gasteiger partial charge is 0.478 e. The van der Waals surface area contributed by atoms with Crippen LogP contribution in [0.5, 0.6) is 0 Å². The summed E-state index contributed by atoms with van der Waals surface area (Å²) in [4.78, 5) is 19.0. The number of rotatable bonds is 2. The molecule has 0 saturated carbocycles. The summed E-state index contributed by atoms with van der Waals surface area (Å²) in [5, 5.41) is 9.02. The zero-order chi connectivity index (χ0) is 11.5. The van der Waals surface area contributed by atoms with E-state index in [9.17, 15) is 4.79 Å². The zero-order valence-electron chi connectivity index (χ0n) is 8.29. The number of nitrogen functional groups attached to an aromatic ring is 1. The van der Waals surface area contributed by atoms with Crippen LogP contribution >= 0.6 is 0 Å². The van der Waals surface area contributed by atoms with Crippen molar-refractivity contribution in [1.82, 2.24) is 9.97 Å². The van der Waals surface area contributed by atoms with E-state index in [0.29, 0.717) is 17.1 Å². The summed E-state index contributed by atoms with van der Waals surface area (Å²) in [5.41, 5.74) is 6.66. The number of hydrogen-bond acceptors (Lipinski definition) is 4. The van der Waals surface area contributed by atoms with Gasteiger partial charge in [0.2, 0.25) is 0 Å². The minimum Gasteiger partial charge on any atom is -0.478 e. The molecule has 1 aromatic carbocycles. The van der Waals surface area contributed by atoms with Crippen LogP contribution in [-0.4, -0.2) is 21.0 Å². The Balaban J connectivity index is 2.63. The standard InChI is InChI=1S/C11H9N3O2/c12-7-2-3-8(11(15)16)9(6-7)10-13-4-1-5-14-10/h1-6H,12H2,(H,15,16). The summed E-state index contributed by atoms with van der Waals surface area (Å²) >= 11 is 0. The number of nitrogens with zero attached hydrogens (tertiary/aromatic N) is 2. The number of carboxylic acids is 1. The predicted molar refractivity (Wildman–Crippen MR) is 58.8 cm³/mol. The summed E-state index contributed by atoms with van der Waals surface area (Å²) in [6.07, 6.45) is 3.11. The molecule has 0 radical (unpaired) electrons. The van der Waals surface area contributed by atoms with Crippen LogP contribution in [0.4, 0.5) is 5.69 Å². The molecule has 16 heavy (non-hydrogen) atoms. The van der Waals surface area contributed by atoms with E-state index in [1.807, 2.05) is 0 Å². The summed E-state index contributed by atoms with van der Waals surface area (Å²) in [5.74, 6) is -0.672. The van der Waals surface area contributed by atoms with Crippen LogP contribution in [0.1, 0.15) is 10.4 Å². The Kier molecular flexibility index (Phi) is 2.51. The van der Waals surface area contributed by atoms with Gasteiger partial charge in [0.1, 0.15) is 0 Å². The lowest BCUT2D eigenvalue weighted by Gasteiger charge is -2.05. The van der Waals surface area contributed by atoms with Crippen LogP contribution in [0.15, 0.2) is 36.7 Å². The number of hydrogen-bond donors (Lipinski definition) is 2. The molecule has 0 amide bonds. The van der Waals surface area contributed by atoms with E-state index in [1.165, 1.54) is 12.1 Å². The van der Waals surface area contributed by atoms with Crippen molar-refractivity contribution in [3.63, 3.8) is 0 Å². The molecule has 0 atom stereocenters. The van der Waals surface area contributed by atoms with E-state index >= 15 is 0 Å². The smallest absolute Gasteiger partial charge is 0.336 e. The third kappa shape index (κ3) is 1.83. The lowest BCUT2D eigenvalue weighted by atomic mass is 10.1. The van der Waals surface area contributed by atoms with Gasteiger partial charge in [0, 0.05) is 23.6 Å². The van der Waals surface area contributed by atoms with E-state index in [4.69, 9.17) is 10.8 Å². The second kappa shape index (κ2) is 3.98. The molecule has 0 unspecified atom stereocenters. The fraction of sp³-hybridized carbons (Fsp3) is 0. The molecule has 0 bridgehead atoms. The number of aromatic carboxylic acids is 1. The number of anilines is 1. The fourth-order valence-corrected chi connectivity index (χ4v) is 1.37. The molecule has 0 spiro atoms. The Hall–Kier alpha value is -2.43. The molecular formula is C11H9N3O2. The maximum Gasteiger partial charge on any atom is 0.336 e. The molecule has 5 heteroatoms. The first-order valence-electron chi connectivity index (χ1n) is 4.58. The van der Waals surface area contributed by atoms with Gasteiger partial charge in [0.05, 0.1) is 5.56 Å². The SMILES string of the molecule is Nc1ccc(C(=O)O)c(-c2ncccn2)c1. The highest BCUT2D eigenvalue weighted by Crippen LogP contribution is 2.22. The summed E-state index contributed by atoms with van der Waals surface area (Å²) < 4.78 is 0. The molecule has 0 aliphatic carbocycles. The second-order valence-electron chi connectivity index (χ2n) is 3.18. The van der Waals surface area contributed by atoms with Crippen molar-refractivity contribution in [2.24, 2.45) is 0 Å². The van der Waals surface area contributed by atoms with Gasteiger partial charge in [-0.3, -0.25) is 0 Å². The van der Waals surface area contributed by atoms with Crippen molar-refractivity contribution in [1.29, 1.82) is 0 Å². The van der Waals surface area contributed by atoms with Crippen molar-refractivity contribution in [3.8, 4) is 11.4 Å². The van der Waals surface area contributed by atoms with Gasteiger partial charge in [-0.1, -0.05) is 0 Å². The van der Waals surface area contributed by atoms with Gasteiger partial charge in [-0.15, -0.1) is 0 Å². The van der Waals surface area contributed by atoms with Crippen LogP contribution in [0, 0.1) is 0 Å². The molecule has 80 valence electrons. The number of carbonyl (C=O) groups is 1. The summed E-state index contributed by atoms with van der Waals surface area (Å²) in [7, 11) is 0. The number of benzene rings is 1. The van der Waals surface area contributed by atoms with Crippen molar-refractivity contribution in [2.75, 3.05) is 5.73 Å². The Morgan fingerprint density at radius 3 is 2.56 bits per heavy atom. The Bertz CT molecular complexity index is 526. The van der Waals surface area contributed by atoms with E-state index in [1.54, 1.807) is 24.5 Å². The first-order valence-corrected chi connectivity index (χ1v) is 4.58. The minimum absolute atomic E-state index is 0.139. The third-order valence-corrected chi connectivity index (χ3v) is 2.08. The van der Waals surface area contributed by atoms with Crippen molar-refractivity contribution in [3.05, 3.63) is 42.2 Å². The van der Waals surface area contributed by atoms with Crippen LogP contribution in [0.25, 0.3) is 11.4 Å². The Morgan fingerprint density at radius 1 is 1.25 bits per heavy atom. The molecule has 1 aromatic heterocycles. The van der Waals surface area contributed by atoms with Gasteiger partial charge in [0.15, 0.2) is 5.82 Å². The molecule has 0 saturated heterocycles. The van der Waals surface area contributed by atoms with E-state index < -0.39 is 5.97 Å². The first kappa shape index (κ1) is 10.1. The molecule has 5 nitrogen and oxygen atoms in total. The first-order chi connectivity index (χ1) is 7.68. The highest BCUT2D eigenvalue weighted by Gasteiger charge is 2.13. The molecular weight excluding hydrogens is 206 g/mol. The zero-order valence-corrected chi connectivity index (χ0v) is 8.29. The molecule has 3 N–H and O–H groups in total. The fourth-order valence-electron chi connectivity index (χ4n) is 1.37. The summed E-state index contributed by atoms with van der Waals surface area (Å²) in [6.45, 7) is 0. The van der Waals surface area contributed by atoms with Crippen molar-refractivity contribution in [2.45, 2.75) is 0 Å². The van der Waals surface area contributed by atoms with Crippen LogP contribution in [0.3, 0.4) is 0 Å². The monoisotopic (exact) mass is 215 g/mol. The lowest BCUT2D eigenvalue weighted by Crippen LogP contribution is -2.02. The lowest BCUT2D eigenvalue weighted by molar-refractivity contribution is 0.0697. The maximum absolute atomic E-state index is 11.0. The van der Waals surface area contributed by atoms with Crippen molar-refractivity contribution < 1.29 is 9.90 Å². The Labute approximate surface area is 91.6 Å². The van der Waals surface area contributed by atoms with Crippen LogP contribution in [-0.2, 0) is 0 Å². The topological polar surface area (TPSA) is 89.1 Å². The molecule has 0 fully saturated rings. The van der Waals surface area contributed by atoms with Gasteiger partial charge in [-0.25, -0.2) is 14.8 Å². The van der Waals surface area contributed by atoms with E-state index in [-0.39, 0.29) is 5.56 Å². The molecule has 2 aromatic rings. The van der Waals surface area contributed by atoms with Gasteiger partial charge in [-0.05, 0) is 24.3 Å². The molecule has 2 rings (SSSR count). The summed E-state index contributed by atoms with van der Waals surface area (Å²) in [6, 6.07) is 6.20. The predicted octanol–water partition coefficient (Wildman–Crippen LogP) is 1.42. The Morgan fingerprint density at radius 2 is 1.94 bits per heavy atom. The highest BCUT2D eigenvalue weighted by atomic mass is 16.4. The molecule has 0 aliphatic rings. The minimum atomic E-state index is -1.03. The average molecular weight is 215 g/mol. The quantitative estimate of drug-likeness (QED) is 0.739. The highest BCUT2D eigenvalue weighted by molar-refractivity contribution is 5.95. The maximum atomic E-state index is 11.0.